The quantitative estimate of drug-likeness (QED) is 0.166. The maximum Gasteiger partial charge on any atom is 0.160 e. The van der Waals surface area contributed by atoms with Crippen molar-refractivity contribution in [3.8, 4) is 84.7 Å². The number of nitriles is 1. The average molecular weight is 690 g/mol. The van der Waals surface area contributed by atoms with E-state index in [-0.39, 0.29) is 0 Å². The molecule has 0 spiro atoms. The first-order valence-corrected chi connectivity index (χ1v) is 17.8. The van der Waals surface area contributed by atoms with Gasteiger partial charge in [0.1, 0.15) is 0 Å². The topological polar surface area (TPSA) is 75.3 Å². The van der Waals surface area contributed by atoms with Crippen LogP contribution in [0.1, 0.15) is 5.56 Å². The fourth-order valence-electron chi connectivity index (χ4n) is 6.68. The van der Waals surface area contributed by atoms with Gasteiger partial charge in [-0.2, -0.15) is 5.26 Å². The Kier molecular flexibility index (Phi) is 8.53. The lowest BCUT2D eigenvalue weighted by molar-refractivity contribution is 1.18. The monoisotopic (exact) mass is 689 g/mol. The minimum Gasteiger partial charge on any atom is -0.244 e. The molecule has 252 valence electrons. The SMILES string of the molecule is N#Cc1ccc(-c2ccc(-c3nc4ccccc4nc3-c3ccc(-c4nc(-c5ccccc5)cc(-c5ccc(-c6ccccc6)cc5)n4)cc3)cc2)cc1. The van der Waals surface area contributed by atoms with E-state index >= 15 is 0 Å². The van der Waals surface area contributed by atoms with Gasteiger partial charge in [0.2, 0.25) is 0 Å². The molecule has 9 rings (SSSR count). The number of aromatic nitrogens is 4. The summed E-state index contributed by atoms with van der Waals surface area (Å²) >= 11 is 0. The molecule has 0 amide bonds. The zero-order valence-electron chi connectivity index (χ0n) is 29.1. The second kappa shape index (κ2) is 14.2. The molecule has 0 radical (unpaired) electrons. The summed E-state index contributed by atoms with van der Waals surface area (Å²) in [6.07, 6.45) is 0. The van der Waals surface area contributed by atoms with Crippen LogP contribution < -0.4 is 0 Å². The van der Waals surface area contributed by atoms with Crippen LogP contribution >= 0.6 is 0 Å². The van der Waals surface area contributed by atoms with Crippen LogP contribution in [0.3, 0.4) is 0 Å². The standard InChI is InChI=1S/C49H31N5/c50-32-33-15-17-35(18-16-33)37-21-25-40(26-22-37)47-48(52-44-14-8-7-13-43(44)51-47)41-27-29-42(30-28-41)49-53-45(38-11-5-2-6-12-38)31-46(54-49)39-23-19-36(20-24-39)34-9-3-1-4-10-34/h1-31H. The average Bonchev–Trinajstić information content (AvgIpc) is 3.26. The lowest BCUT2D eigenvalue weighted by atomic mass is 9.98. The second-order valence-corrected chi connectivity index (χ2v) is 13.0. The normalized spacial score (nSPS) is 10.9. The summed E-state index contributed by atoms with van der Waals surface area (Å²) < 4.78 is 0. The van der Waals surface area contributed by atoms with E-state index in [0.717, 1.165) is 78.3 Å². The van der Waals surface area contributed by atoms with Crippen molar-refractivity contribution in [3.63, 3.8) is 0 Å². The Labute approximate surface area is 313 Å². The van der Waals surface area contributed by atoms with Crippen molar-refractivity contribution >= 4 is 11.0 Å². The van der Waals surface area contributed by atoms with Crippen LogP contribution in [0.25, 0.3) is 89.7 Å². The summed E-state index contributed by atoms with van der Waals surface area (Å²) in [5.74, 6) is 0.647. The predicted molar refractivity (Wildman–Crippen MR) is 218 cm³/mol. The molecule has 0 aliphatic carbocycles. The molecule has 7 aromatic carbocycles. The fourth-order valence-corrected chi connectivity index (χ4v) is 6.68. The molecular formula is C49H31N5. The first-order valence-electron chi connectivity index (χ1n) is 17.8. The Bertz CT molecular complexity index is 2770. The van der Waals surface area contributed by atoms with Crippen molar-refractivity contribution in [2.45, 2.75) is 0 Å². The lowest BCUT2D eigenvalue weighted by Gasteiger charge is -2.13. The van der Waals surface area contributed by atoms with Crippen molar-refractivity contribution in [2.75, 3.05) is 0 Å². The molecule has 2 heterocycles. The number of para-hydroxylation sites is 2. The van der Waals surface area contributed by atoms with E-state index in [9.17, 15) is 5.26 Å². The van der Waals surface area contributed by atoms with Crippen molar-refractivity contribution in [2.24, 2.45) is 0 Å². The van der Waals surface area contributed by atoms with Crippen LogP contribution in [0.2, 0.25) is 0 Å². The third-order valence-electron chi connectivity index (χ3n) is 9.58. The van der Waals surface area contributed by atoms with E-state index in [4.69, 9.17) is 19.9 Å². The zero-order valence-corrected chi connectivity index (χ0v) is 29.1. The third kappa shape index (κ3) is 6.52. The van der Waals surface area contributed by atoms with Crippen LogP contribution in [0.4, 0.5) is 0 Å². The van der Waals surface area contributed by atoms with Gasteiger partial charge in [0.05, 0.1) is 45.4 Å². The molecular weight excluding hydrogens is 659 g/mol. The van der Waals surface area contributed by atoms with Crippen LogP contribution in [0.5, 0.6) is 0 Å². The lowest BCUT2D eigenvalue weighted by Crippen LogP contribution is -1.97. The van der Waals surface area contributed by atoms with E-state index < -0.39 is 0 Å². The highest BCUT2D eigenvalue weighted by atomic mass is 14.9. The van der Waals surface area contributed by atoms with E-state index in [1.165, 1.54) is 5.56 Å². The molecule has 0 saturated carbocycles. The van der Waals surface area contributed by atoms with Crippen LogP contribution in [0, 0.1) is 11.3 Å². The van der Waals surface area contributed by atoms with Gasteiger partial charge < -0.3 is 0 Å². The van der Waals surface area contributed by atoms with E-state index in [0.29, 0.717) is 11.4 Å². The molecule has 0 fully saturated rings. The molecule has 5 nitrogen and oxygen atoms in total. The molecule has 0 aliphatic rings. The number of rotatable bonds is 7. The molecule has 0 N–H and O–H groups in total. The van der Waals surface area contributed by atoms with Crippen molar-refractivity contribution < 1.29 is 0 Å². The Morgan fingerprint density at radius 2 is 0.667 bits per heavy atom. The molecule has 0 saturated heterocycles. The summed E-state index contributed by atoms with van der Waals surface area (Å²) in [5.41, 5.74) is 14.9. The summed E-state index contributed by atoms with van der Waals surface area (Å²) in [7, 11) is 0. The van der Waals surface area contributed by atoms with E-state index in [1.54, 1.807) is 0 Å². The summed E-state index contributed by atoms with van der Waals surface area (Å²) in [5, 5.41) is 9.21. The van der Waals surface area contributed by atoms with E-state index in [2.05, 4.69) is 121 Å². The fraction of sp³-hybridized carbons (Fsp3) is 0. The number of benzene rings is 7. The van der Waals surface area contributed by atoms with Crippen LogP contribution in [-0.4, -0.2) is 19.9 Å². The number of fused-ring (bicyclic) bond motifs is 1. The van der Waals surface area contributed by atoms with Gasteiger partial charge in [-0.1, -0.05) is 158 Å². The van der Waals surface area contributed by atoms with Crippen LogP contribution in [-0.2, 0) is 0 Å². The van der Waals surface area contributed by atoms with Gasteiger partial charge in [-0.3, -0.25) is 0 Å². The molecule has 54 heavy (non-hydrogen) atoms. The molecule has 0 aliphatic heterocycles. The Balaban J connectivity index is 1.09. The van der Waals surface area contributed by atoms with Crippen molar-refractivity contribution in [3.05, 3.63) is 194 Å². The summed E-state index contributed by atoms with van der Waals surface area (Å²) in [6, 6.07) is 65.6. The largest absolute Gasteiger partial charge is 0.244 e. The first-order chi connectivity index (χ1) is 26.7. The van der Waals surface area contributed by atoms with Gasteiger partial charge in [0.25, 0.3) is 0 Å². The maximum atomic E-state index is 9.21. The van der Waals surface area contributed by atoms with Crippen molar-refractivity contribution in [1.29, 1.82) is 5.26 Å². The van der Waals surface area contributed by atoms with Crippen LogP contribution in [0.15, 0.2) is 188 Å². The Hall–Kier alpha value is -7.55. The predicted octanol–water partition coefficient (Wildman–Crippen LogP) is 12.0. The Morgan fingerprint density at radius 1 is 0.315 bits per heavy atom. The number of hydrogen-bond acceptors (Lipinski definition) is 5. The number of nitrogens with zero attached hydrogens (tertiary/aromatic N) is 5. The summed E-state index contributed by atoms with van der Waals surface area (Å²) in [4.78, 5) is 20.4. The Morgan fingerprint density at radius 3 is 1.15 bits per heavy atom. The molecule has 5 heteroatoms. The molecule has 0 bridgehead atoms. The second-order valence-electron chi connectivity index (χ2n) is 13.0. The molecule has 0 unspecified atom stereocenters. The van der Waals surface area contributed by atoms with Gasteiger partial charge in [-0.25, -0.2) is 19.9 Å². The van der Waals surface area contributed by atoms with Gasteiger partial charge in [-0.05, 0) is 52.6 Å². The number of hydrogen-bond donors (Lipinski definition) is 0. The molecule has 0 atom stereocenters. The first kappa shape index (κ1) is 32.4. The highest BCUT2D eigenvalue weighted by molar-refractivity contribution is 5.87. The molecule has 9 aromatic rings. The molecule has 2 aromatic heterocycles. The van der Waals surface area contributed by atoms with Gasteiger partial charge in [-0.15, -0.1) is 0 Å². The minimum absolute atomic E-state index is 0.641. The van der Waals surface area contributed by atoms with Gasteiger partial charge >= 0.3 is 0 Å². The van der Waals surface area contributed by atoms with Crippen molar-refractivity contribution in [1.82, 2.24) is 19.9 Å². The van der Waals surface area contributed by atoms with Gasteiger partial charge in [0, 0.05) is 27.8 Å². The van der Waals surface area contributed by atoms with E-state index in [1.807, 2.05) is 72.8 Å². The maximum absolute atomic E-state index is 9.21. The van der Waals surface area contributed by atoms with Gasteiger partial charge in [0.15, 0.2) is 5.82 Å². The third-order valence-corrected chi connectivity index (χ3v) is 9.58. The minimum atomic E-state index is 0.641. The highest BCUT2D eigenvalue weighted by Gasteiger charge is 2.16. The summed E-state index contributed by atoms with van der Waals surface area (Å²) in [6.45, 7) is 0. The smallest absolute Gasteiger partial charge is 0.160 e. The zero-order chi connectivity index (χ0) is 36.3. The highest BCUT2D eigenvalue weighted by Crippen LogP contribution is 2.35.